The number of aliphatic hydroxyl groups is 3. The zero-order chi connectivity index (χ0) is 17.1. The normalized spacial score (nSPS) is 13.2. The Morgan fingerprint density at radius 1 is 1.04 bits per heavy atom. The molecule has 1 heterocycles. The van der Waals surface area contributed by atoms with Crippen molar-refractivity contribution in [1.82, 2.24) is 4.90 Å². The van der Waals surface area contributed by atoms with Crippen LogP contribution in [-0.4, -0.2) is 53.1 Å². The lowest BCUT2D eigenvalue weighted by Gasteiger charge is -2.24. The van der Waals surface area contributed by atoms with Gasteiger partial charge >= 0.3 is 0 Å². The molecule has 1 aromatic heterocycles. The minimum atomic E-state index is -0.751. The van der Waals surface area contributed by atoms with E-state index in [1.54, 1.807) is 6.07 Å². The molecule has 1 atom stereocenters. The van der Waals surface area contributed by atoms with Crippen LogP contribution in [0.1, 0.15) is 11.7 Å². The van der Waals surface area contributed by atoms with Crippen molar-refractivity contribution in [2.24, 2.45) is 0 Å². The molecule has 24 heavy (non-hydrogen) atoms. The third kappa shape index (κ3) is 3.43. The van der Waals surface area contributed by atoms with E-state index in [1.165, 1.54) is 23.5 Å². The molecule has 3 aromatic rings. The molecule has 0 aliphatic carbocycles. The van der Waals surface area contributed by atoms with Crippen molar-refractivity contribution in [2.45, 2.75) is 6.10 Å². The van der Waals surface area contributed by atoms with E-state index in [9.17, 15) is 9.50 Å². The summed E-state index contributed by atoms with van der Waals surface area (Å²) in [6, 6.07) is 8.49. The van der Waals surface area contributed by atoms with Gasteiger partial charge in [-0.15, -0.1) is 11.3 Å². The van der Waals surface area contributed by atoms with E-state index in [-0.39, 0.29) is 19.0 Å². The summed E-state index contributed by atoms with van der Waals surface area (Å²) in [7, 11) is 0. The molecule has 0 amide bonds. The SMILES string of the molecule is OCCN(CCO)CC(O)c1cc2ccc(F)cc2c2ccsc12. The summed E-state index contributed by atoms with van der Waals surface area (Å²) in [5.74, 6) is -0.277. The van der Waals surface area contributed by atoms with E-state index in [2.05, 4.69) is 0 Å². The molecule has 1 unspecified atom stereocenters. The molecule has 0 aliphatic rings. The summed E-state index contributed by atoms with van der Waals surface area (Å²) in [6.45, 7) is 1.05. The minimum absolute atomic E-state index is 0.0296. The van der Waals surface area contributed by atoms with Crippen LogP contribution in [0.25, 0.3) is 20.9 Å². The Kier molecular flexibility index (Phi) is 5.43. The van der Waals surface area contributed by atoms with Crippen molar-refractivity contribution in [2.75, 3.05) is 32.8 Å². The lowest BCUT2D eigenvalue weighted by molar-refractivity contribution is 0.0883. The Balaban J connectivity index is 2.01. The van der Waals surface area contributed by atoms with Gasteiger partial charge in [-0.05, 0) is 40.4 Å². The molecule has 0 aliphatic heterocycles. The van der Waals surface area contributed by atoms with Crippen LogP contribution in [0.15, 0.2) is 35.7 Å². The lowest BCUT2D eigenvalue weighted by atomic mass is 9.99. The third-order valence-corrected chi connectivity index (χ3v) is 5.13. The van der Waals surface area contributed by atoms with Crippen LogP contribution in [-0.2, 0) is 0 Å². The van der Waals surface area contributed by atoms with E-state index in [0.29, 0.717) is 19.6 Å². The van der Waals surface area contributed by atoms with Crippen LogP contribution in [0.3, 0.4) is 0 Å². The quantitative estimate of drug-likeness (QED) is 0.613. The highest BCUT2D eigenvalue weighted by Crippen LogP contribution is 2.36. The van der Waals surface area contributed by atoms with E-state index in [4.69, 9.17) is 10.2 Å². The van der Waals surface area contributed by atoms with Crippen molar-refractivity contribution in [3.05, 3.63) is 47.1 Å². The number of hydrogen-bond donors (Lipinski definition) is 3. The fourth-order valence-corrected chi connectivity index (χ4v) is 4.01. The van der Waals surface area contributed by atoms with Crippen molar-refractivity contribution in [1.29, 1.82) is 0 Å². The number of thiophene rings is 1. The number of benzene rings is 2. The van der Waals surface area contributed by atoms with Crippen LogP contribution < -0.4 is 0 Å². The molecule has 3 rings (SSSR count). The molecule has 0 radical (unpaired) electrons. The first kappa shape index (κ1) is 17.3. The molecular weight excluding hydrogens is 329 g/mol. The number of fused-ring (bicyclic) bond motifs is 3. The summed E-state index contributed by atoms with van der Waals surface area (Å²) >= 11 is 1.52. The van der Waals surface area contributed by atoms with Gasteiger partial charge in [-0.25, -0.2) is 4.39 Å². The first-order chi connectivity index (χ1) is 11.6. The highest BCUT2D eigenvalue weighted by molar-refractivity contribution is 7.17. The average molecular weight is 349 g/mol. The second-order valence-corrected chi connectivity index (χ2v) is 6.67. The Bertz CT molecular complexity index is 830. The van der Waals surface area contributed by atoms with Gasteiger partial charge in [0.05, 0.1) is 19.3 Å². The molecule has 0 saturated heterocycles. The van der Waals surface area contributed by atoms with Gasteiger partial charge in [0.15, 0.2) is 0 Å². The number of aliphatic hydroxyl groups excluding tert-OH is 3. The first-order valence-corrected chi connectivity index (χ1v) is 8.73. The summed E-state index contributed by atoms with van der Waals surface area (Å²) in [6.07, 6.45) is -0.751. The Labute approximate surface area is 143 Å². The summed E-state index contributed by atoms with van der Waals surface area (Å²) in [5.41, 5.74) is 0.792. The molecular formula is C18H20FNO3S. The van der Waals surface area contributed by atoms with Crippen LogP contribution >= 0.6 is 11.3 Å². The Morgan fingerprint density at radius 3 is 2.50 bits per heavy atom. The topological polar surface area (TPSA) is 63.9 Å². The first-order valence-electron chi connectivity index (χ1n) is 7.85. The van der Waals surface area contributed by atoms with Crippen molar-refractivity contribution in [3.63, 3.8) is 0 Å². The van der Waals surface area contributed by atoms with Gasteiger partial charge in [0.25, 0.3) is 0 Å². The maximum atomic E-state index is 13.6. The largest absolute Gasteiger partial charge is 0.395 e. The van der Waals surface area contributed by atoms with Gasteiger partial charge in [0.1, 0.15) is 5.82 Å². The number of rotatable bonds is 7. The maximum absolute atomic E-state index is 13.6. The molecule has 2 aromatic carbocycles. The van der Waals surface area contributed by atoms with Gasteiger partial charge in [-0.2, -0.15) is 0 Å². The van der Waals surface area contributed by atoms with Crippen molar-refractivity contribution < 1.29 is 19.7 Å². The zero-order valence-corrected chi connectivity index (χ0v) is 14.0. The molecule has 3 N–H and O–H groups in total. The second kappa shape index (κ2) is 7.55. The fourth-order valence-electron chi connectivity index (χ4n) is 3.03. The number of hydrogen-bond acceptors (Lipinski definition) is 5. The molecule has 4 nitrogen and oxygen atoms in total. The van der Waals surface area contributed by atoms with Crippen molar-refractivity contribution >= 4 is 32.2 Å². The van der Waals surface area contributed by atoms with Gasteiger partial charge in [0, 0.05) is 35.3 Å². The van der Waals surface area contributed by atoms with E-state index < -0.39 is 6.10 Å². The maximum Gasteiger partial charge on any atom is 0.123 e. The lowest BCUT2D eigenvalue weighted by Crippen LogP contribution is -2.33. The van der Waals surface area contributed by atoms with Crippen LogP contribution in [0.5, 0.6) is 0 Å². The number of halogens is 1. The van der Waals surface area contributed by atoms with Gasteiger partial charge in [-0.3, -0.25) is 4.90 Å². The van der Waals surface area contributed by atoms with Crippen LogP contribution in [0.4, 0.5) is 4.39 Å². The predicted molar refractivity (Wildman–Crippen MR) is 94.9 cm³/mol. The predicted octanol–water partition coefficient (Wildman–Crippen LogP) is 2.51. The Hall–Kier alpha value is -1.57. The fraction of sp³-hybridized carbons (Fsp3) is 0.333. The van der Waals surface area contributed by atoms with Crippen LogP contribution in [0.2, 0.25) is 0 Å². The van der Waals surface area contributed by atoms with Gasteiger partial charge in [0.2, 0.25) is 0 Å². The smallest absolute Gasteiger partial charge is 0.123 e. The Morgan fingerprint density at radius 2 is 1.79 bits per heavy atom. The monoisotopic (exact) mass is 349 g/mol. The van der Waals surface area contributed by atoms with E-state index >= 15 is 0 Å². The molecule has 128 valence electrons. The van der Waals surface area contributed by atoms with Crippen molar-refractivity contribution in [3.8, 4) is 0 Å². The van der Waals surface area contributed by atoms with Gasteiger partial charge < -0.3 is 15.3 Å². The molecule has 0 saturated carbocycles. The summed E-state index contributed by atoms with van der Waals surface area (Å²) in [4.78, 5) is 1.82. The number of nitrogens with zero attached hydrogens (tertiary/aromatic N) is 1. The minimum Gasteiger partial charge on any atom is -0.395 e. The zero-order valence-electron chi connectivity index (χ0n) is 13.2. The standard InChI is InChI=1S/C18H20FNO3S/c19-13-2-1-12-9-16(17(23)11-20(4-6-21)5-7-22)18-14(3-8-24-18)15(12)10-13/h1-3,8-10,17,21-23H,4-7,11H2. The molecule has 6 heteroatoms. The van der Waals surface area contributed by atoms with Gasteiger partial charge in [-0.1, -0.05) is 6.07 Å². The molecule has 0 bridgehead atoms. The summed E-state index contributed by atoms with van der Waals surface area (Å²) in [5, 5.41) is 33.5. The summed E-state index contributed by atoms with van der Waals surface area (Å²) < 4.78 is 14.5. The highest BCUT2D eigenvalue weighted by Gasteiger charge is 2.18. The highest BCUT2D eigenvalue weighted by atomic mass is 32.1. The third-order valence-electron chi connectivity index (χ3n) is 4.17. The van der Waals surface area contributed by atoms with E-state index in [0.717, 1.165) is 26.4 Å². The molecule has 0 spiro atoms. The second-order valence-electron chi connectivity index (χ2n) is 5.76. The van der Waals surface area contributed by atoms with E-state index in [1.807, 2.05) is 22.4 Å². The van der Waals surface area contributed by atoms with Crippen LogP contribution in [0, 0.1) is 5.82 Å². The average Bonchev–Trinajstić information content (AvgIpc) is 3.04. The molecule has 0 fully saturated rings.